The Morgan fingerprint density at radius 1 is 0.897 bits per heavy atom. The summed E-state index contributed by atoms with van der Waals surface area (Å²) < 4.78 is 27.6. The Balaban J connectivity index is 1.48. The molecule has 0 atom stereocenters. The highest BCUT2D eigenvalue weighted by atomic mass is 32.2. The largest absolute Gasteiger partial charge is 0.354 e. The van der Waals surface area contributed by atoms with Crippen LogP contribution in [-0.2, 0) is 21.4 Å². The van der Waals surface area contributed by atoms with Gasteiger partial charge in [-0.3, -0.25) is 14.4 Å². The molecule has 2 heterocycles. The van der Waals surface area contributed by atoms with Crippen LogP contribution in [0, 0.1) is 0 Å². The third-order valence-electron chi connectivity index (χ3n) is 7.29. The first kappa shape index (κ1) is 27.0. The first-order valence-corrected chi connectivity index (χ1v) is 15.2. The number of hydrogen-bond acceptors (Lipinski definition) is 5. The van der Waals surface area contributed by atoms with Gasteiger partial charge in [-0.15, -0.1) is 0 Å². The van der Waals surface area contributed by atoms with Gasteiger partial charge in [0.25, 0.3) is 5.91 Å². The molecule has 3 aromatic carbocycles. The average molecular weight is 545 g/mol. The smallest absolute Gasteiger partial charge is 0.258 e. The van der Waals surface area contributed by atoms with Gasteiger partial charge in [-0.05, 0) is 81.2 Å². The highest BCUT2D eigenvalue weighted by Gasteiger charge is 2.29. The van der Waals surface area contributed by atoms with Crippen molar-refractivity contribution in [3.63, 3.8) is 0 Å². The Hall–Kier alpha value is -3.62. The summed E-state index contributed by atoms with van der Waals surface area (Å²) in [5, 5.41) is 5.86. The highest BCUT2D eigenvalue weighted by Crippen LogP contribution is 2.39. The summed E-state index contributed by atoms with van der Waals surface area (Å²) in [6.45, 7) is 6.49. The monoisotopic (exact) mass is 544 g/mol. The van der Waals surface area contributed by atoms with Crippen LogP contribution in [0.1, 0.15) is 56.2 Å². The normalized spacial score (nSPS) is 17.4. The van der Waals surface area contributed by atoms with Crippen molar-refractivity contribution in [2.24, 2.45) is 0 Å². The Labute approximate surface area is 231 Å². The summed E-state index contributed by atoms with van der Waals surface area (Å²) in [4.78, 5) is 15.8. The maximum Gasteiger partial charge on any atom is 0.258 e. The van der Waals surface area contributed by atoms with Crippen LogP contribution in [0.3, 0.4) is 0 Å². The van der Waals surface area contributed by atoms with E-state index in [4.69, 9.17) is 0 Å². The van der Waals surface area contributed by atoms with Crippen LogP contribution in [0.5, 0.6) is 0 Å². The van der Waals surface area contributed by atoms with Gasteiger partial charge >= 0.3 is 0 Å². The first-order valence-electron chi connectivity index (χ1n) is 13.7. The lowest BCUT2D eigenvalue weighted by atomic mass is 9.99. The number of carbonyl (C=O) groups is 1. The number of nitrogens with zero attached hydrogens (tertiary/aromatic N) is 1. The predicted octanol–water partition coefficient (Wildman–Crippen LogP) is 6.15. The van der Waals surface area contributed by atoms with E-state index in [2.05, 4.69) is 44.5 Å². The van der Waals surface area contributed by atoms with Crippen molar-refractivity contribution < 1.29 is 13.2 Å². The van der Waals surface area contributed by atoms with E-state index in [0.29, 0.717) is 28.2 Å². The van der Waals surface area contributed by atoms with Crippen molar-refractivity contribution in [2.45, 2.75) is 51.3 Å². The minimum absolute atomic E-state index is 0.238. The second kappa shape index (κ2) is 11.6. The second-order valence-electron chi connectivity index (χ2n) is 10.5. The lowest BCUT2D eigenvalue weighted by Gasteiger charge is -2.20. The fourth-order valence-electron chi connectivity index (χ4n) is 5.04. The number of carbonyl (C=O) groups excluding carboxylic acids is 1. The molecule has 204 valence electrons. The molecule has 7 nitrogen and oxygen atoms in total. The van der Waals surface area contributed by atoms with Gasteiger partial charge in [-0.1, -0.05) is 55.3 Å². The lowest BCUT2D eigenvalue weighted by molar-refractivity contribution is -0.110. The van der Waals surface area contributed by atoms with Crippen molar-refractivity contribution in [1.29, 1.82) is 0 Å². The van der Waals surface area contributed by atoms with Gasteiger partial charge in [-0.2, -0.15) is 0 Å². The molecule has 0 radical (unpaired) electrons. The molecule has 0 saturated carbocycles. The number of benzene rings is 3. The number of nitrogens with one attached hydrogen (secondary N) is 3. The molecule has 5 rings (SSSR count). The molecule has 2 aliphatic rings. The SMILES string of the molecule is CC(C)S(=O)(=O)Nc1ccc2c(c1)/C(=C(/Nc1ccc(CN3CCCCCC3)cc1)c1ccccc1)C(=O)N2. The Morgan fingerprint density at radius 2 is 1.56 bits per heavy atom. The number of anilines is 3. The zero-order valence-electron chi connectivity index (χ0n) is 22.5. The van der Waals surface area contributed by atoms with E-state index >= 15 is 0 Å². The average Bonchev–Trinajstić information content (AvgIpc) is 3.06. The fraction of sp³-hybridized carbons (Fsp3) is 0.323. The van der Waals surface area contributed by atoms with Gasteiger partial charge < -0.3 is 10.6 Å². The molecule has 0 aromatic heterocycles. The molecule has 1 amide bonds. The van der Waals surface area contributed by atoms with Crippen LogP contribution < -0.4 is 15.4 Å². The van der Waals surface area contributed by atoms with E-state index in [1.807, 2.05) is 30.3 Å². The Kier molecular flexibility index (Phi) is 8.04. The fourth-order valence-corrected chi connectivity index (χ4v) is 5.73. The van der Waals surface area contributed by atoms with Gasteiger partial charge in [0.15, 0.2) is 0 Å². The van der Waals surface area contributed by atoms with Crippen LogP contribution in [0.25, 0.3) is 11.3 Å². The van der Waals surface area contributed by atoms with Crippen molar-refractivity contribution in [2.75, 3.05) is 28.4 Å². The molecule has 1 fully saturated rings. The van der Waals surface area contributed by atoms with Crippen molar-refractivity contribution >= 4 is 44.3 Å². The summed E-state index contributed by atoms with van der Waals surface area (Å²) in [6, 6.07) is 23.2. The van der Waals surface area contributed by atoms with Crippen molar-refractivity contribution in [1.82, 2.24) is 4.90 Å². The van der Waals surface area contributed by atoms with Crippen LogP contribution in [0.4, 0.5) is 17.1 Å². The number of fused-ring (bicyclic) bond motifs is 1. The van der Waals surface area contributed by atoms with E-state index in [0.717, 1.165) is 30.9 Å². The quantitative estimate of drug-likeness (QED) is 0.296. The topological polar surface area (TPSA) is 90.5 Å². The molecular weight excluding hydrogens is 508 g/mol. The second-order valence-corrected chi connectivity index (χ2v) is 12.8. The van der Waals surface area contributed by atoms with Crippen LogP contribution >= 0.6 is 0 Å². The van der Waals surface area contributed by atoms with E-state index in [-0.39, 0.29) is 5.91 Å². The zero-order chi connectivity index (χ0) is 27.4. The van der Waals surface area contributed by atoms with Crippen molar-refractivity contribution in [3.8, 4) is 0 Å². The number of likely N-dealkylation sites (tertiary alicyclic amines) is 1. The summed E-state index contributed by atoms with van der Waals surface area (Å²) in [5.74, 6) is -0.238. The minimum Gasteiger partial charge on any atom is -0.354 e. The van der Waals surface area contributed by atoms with E-state index < -0.39 is 15.3 Å². The molecule has 8 heteroatoms. The summed E-state index contributed by atoms with van der Waals surface area (Å²) in [7, 11) is -3.53. The van der Waals surface area contributed by atoms with Gasteiger partial charge in [0.2, 0.25) is 10.0 Å². The molecule has 1 saturated heterocycles. The standard InChI is InChI=1S/C31H36N4O3S/c1-22(2)39(37,38)34-26-16-17-28-27(20-26)29(31(36)33-28)30(24-10-6-5-7-11-24)32-25-14-12-23(13-15-25)21-35-18-8-3-4-9-19-35/h5-7,10-17,20,22,32,34H,3-4,8-9,18-19,21H2,1-2H3,(H,33,36)/b30-29-. The van der Waals surface area contributed by atoms with Crippen LogP contribution in [0.2, 0.25) is 0 Å². The maximum atomic E-state index is 13.3. The summed E-state index contributed by atoms with van der Waals surface area (Å²) >= 11 is 0. The lowest BCUT2D eigenvalue weighted by Crippen LogP contribution is -2.23. The molecule has 3 aromatic rings. The molecular formula is C31H36N4O3S. The first-order chi connectivity index (χ1) is 18.8. The van der Waals surface area contributed by atoms with E-state index in [1.165, 1.54) is 31.2 Å². The third kappa shape index (κ3) is 6.34. The Morgan fingerprint density at radius 3 is 2.23 bits per heavy atom. The summed E-state index contributed by atoms with van der Waals surface area (Å²) in [6.07, 6.45) is 5.16. The number of rotatable bonds is 8. The van der Waals surface area contributed by atoms with Crippen molar-refractivity contribution in [3.05, 3.63) is 89.5 Å². The Bertz CT molecular complexity index is 1460. The highest BCUT2D eigenvalue weighted by molar-refractivity contribution is 7.93. The van der Waals surface area contributed by atoms with Gasteiger partial charge in [0.1, 0.15) is 0 Å². The van der Waals surface area contributed by atoms with Gasteiger partial charge in [-0.25, -0.2) is 8.42 Å². The third-order valence-corrected chi connectivity index (χ3v) is 9.05. The van der Waals surface area contributed by atoms with E-state index in [1.54, 1.807) is 32.0 Å². The van der Waals surface area contributed by atoms with Crippen LogP contribution in [-0.4, -0.2) is 37.6 Å². The molecule has 0 unspecified atom stereocenters. The number of amides is 1. The van der Waals surface area contributed by atoms with Gasteiger partial charge in [0.05, 0.1) is 16.5 Å². The molecule has 0 spiro atoms. The summed E-state index contributed by atoms with van der Waals surface area (Å²) in [5.41, 5.74) is 5.84. The predicted molar refractivity (Wildman–Crippen MR) is 160 cm³/mol. The molecule has 0 bridgehead atoms. The molecule has 3 N–H and O–H groups in total. The molecule has 0 aliphatic carbocycles. The minimum atomic E-state index is -3.53. The molecule has 39 heavy (non-hydrogen) atoms. The van der Waals surface area contributed by atoms with Crippen LogP contribution in [0.15, 0.2) is 72.8 Å². The maximum absolute atomic E-state index is 13.3. The number of hydrogen-bond donors (Lipinski definition) is 3. The number of sulfonamides is 1. The molecule has 2 aliphatic heterocycles. The zero-order valence-corrected chi connectivity index (χ0v) is 23.4. The van der Waals surface area contributed by atoms with E-state index in [9.17, 15) is 13.2 Å². The van der Waals surface area contributed by atoms with Gasteiger partial charge in [0, 0.05) is 29.2 Å².